The lowest BCUT2D eigenvalue weighted by Gasteiger charge is -2.18. The third-order valence-electron chi connectivity index (χ3n) is 6.67. The van der Waals surface area contributed by atoms with Crippen molar-refractivity contribution in [1.29, 1.82) is 0 Å². The number of rotatable bonds is 7. The predicted molar refractivity (Wildman–Crippen MR) is 138 cm³/mol. The van der Waals surface area contributed by atoms with Gasteiger partial charge in [0, 0.05) is 47.2 Å². The molecule has 0 spiro atoms. The third kappa shape index (κ3) is 4.19. The molecule has 1 fully saturated rings. The van der Waals surface area contributed by atoms with E-state index in [1.54, 1.807) is 19.5 Å². The van der Waals surface area contributed by atoms with Crippen LogP contribution in [0.15, 0.2) is 91.4 Å². The molecule has 6 rings (SSSR count). The average molecular weight is 460 g/mol. The largest absolute Gasteiger partial charge is 0.497 e. The van der Waals surface area contributed by atoms with Crippen LogP contribution < -0.4 is 10.1 Å². The zero-order valence-corrected chi connectivity index (χ0v) is 19.5. The van der Waals surface area contributed by atoms with Crippen molar-refractivity contribution >= 4 is 16.7 Å². The van der Waals surface area contributed by atoms with Gasteiger partial charge in [-0.2, -0.15) is 0 Å². The van der Waals surface area contributed by atoms with Gasteiger partial charge >= 0.3 is 0 Å². The van der Waals surface area contributed by atoms with Crippen LogP contribution in [0.25, 0.3) is 33.4 Å². The van der Waals surface area contributed by atoms with Gasteiger partial charge in [-0.05, 0) is 72.5 Å². The molecule has 6 heteroatoms. The minimum atomic E-state index is 0.0530. The van der Waals surface area contributed by atoms with Gasteiger partial charge in [0.25, 0.3) is 0 Å². The Bertz CT molecular complexity index is 1480. The fourth-order valence-corrected chi connectivity index (χ4v) is 4.47. The van der Waals surface area contributed by atoms with Gasteiger partial charge in [-0.15, -0.1) is 0 Å². The maximum atomic E-state index is 5.43. The normalized spacial score (nSPS) is 14.0. The van der Waals surface area contributed by atoms with Gasteiger partial charge < -0.3 is 10.1 Å². The monoisotopic (exact) mass is 459 g/mol. The van der Waals surface area contributed by atoms with Gasteiger partial charge in [-0.3, -0.25) is 9.97 Å². The molecule has 0 bridgehead atoms. The van der Waals surface area contributed by atoms with Crippen LogP contribution in [0, 0.1) is 0 Å². The first-order valence-corrected chi connectivity index (χ1v) is 11.8. The highest BCUT2D eigenvalue weighted by atomic mass is 16.5. The molecule has 1 aliphatic rings. The maximum absolute atomic E-state index is 5.43. The third-order valence-corrected chi connectivity index (χ3v) is 6.67. The lowest BCUT2D eigenvalue weighted by Crippen LogP contribution is -2.21. The SMILES string of the molecule is COc1cccc(-c2ccc3nc(-c4cccnc4)nc(NCC4(c5ccccn5)CC4)c3c2)c1. The van der Waals surface area contributed by atoms with E-state index in [1.165, 1.54) is 0 Å². The fraction of sp³-hybridized carbons (Fsp3) is 0.172. The van der Waals surface area contributed by atoms with Gasteiger partial charge in [0.05, 0.1) is 12.6 Å². The molecular formula is C29H25N5O. The maximum Gasteiger partial charge on any atom is 0.163 e. The van der Waals surface area contributed by atoms with E-state index in [-0.39, 0.29) is 5.41 Å². The Morgan fingerprint density at radius 2 is 1.74 bits per heavy atom. The van der Waals surface area contributed by atoms with Crippen molar-refractivity contribution in [2.75, 3.05) is 19.0 Å². The quantitative estimate of drug-likeness (QED) is 0.326. The number of hydrogen-bond acceptors (Lipinski definition) is 6. The fourth-order valence-electron chi connectivity index (χ4n) is 4.47. The van der Waals surface area contributed by atoms with E-state index in [4.69, 9.17) is 14.7 Å². The molecule has 6 nitrogen and oxygen atoms in total. The topological polar surface area (TPSA) is 72.8 Å². The first-order chi connectivity index (χ1) is 17.2. The van der Waals surface area contributed by atoms with Gasteiger partial charge in [0.15, 0.2) is 5.82 Å². The second-order valence-corrected chi connectivity index (χ2v) is 8.95. The Kier molecular flexibility index (Phi) is 5.34. The summed E-state index contributed by atoms with van der Waals surface area (Å²) in [6, 6.07) is 24.4. The Morgan fingerprint density at radius 1 is 0.857 bits per heavy atom. The molecule has 1 N–H and O–H groups in total. The number of ether oxygens (including phenoxy) is 1. The second-order valence-electron chi connectivity index (χ2n) is 8.95. The van der Waals surface area contributed by atoms with E-state index in [9.17, 15) is 0 Å². The molecule has 0 aliphatic heterocycles. The summed E-state index contributed by atoms with van der Waals surface area (Å²) in [5.41, 5.74) is 5.13. The summed E-state index contributed by atoms with van der Waals surface area (Å²) < 4.78 is 5.43. The molecule has 1 aliphatic carbocycles. The molecule has 5 aromatic rings. The van der Waals surface area contributed by atoms with Crippen LogP contribution in [0.5, 0.6) is 5.75 Å². The molecule has 3 heterocycles. The molecule has 1 saturated carbocycles. The number of benzene rings is 2. The van der Waals surface area contributed by atoms with Gasteiger partial charge in [-0.25, -0.2) is 9.97 Å². The molecule has 0 amide bonds. The van der Waals surface area contributed by atoms with Gasteiger partial charge in [-0.1, -0.05) is 24.3 Å². The van der Waals surface area contributed by atoms with Crippen molar-refractivity contribution in [2.24, 2.45) is 0 Å². The average Bonchev–Trinajstić information content (AvgIpc) is 3.73. The first-order valence-electron chi connectivity index (χ1n) is 11.8. The van der Waals surface area contributed by atoms with Crippen molar-refractivity contribution in [3.8, 4) is 28.3 Å². The Hall–Kier alpha value is -4.32. The van der Waals surface area contributed by atoms with Crippen LogP contribution in [-0.4, -0.2) is 33.6 Å². The number of methoxy groups -OCH3 is 1. The minimum absolute atomic E-state index is 0.0530. The highest BCUT2D eigenvalue weighted by molar-refractivity contribution is 5.94. The van der Waals surface area contributed by atoms with Crippen LogP contribution in [0.3, 0.4) is 0 Å². The highest BCUT2D eigenvalue weighted by Gasteiger charge is 2.45. The van der Waals surface area contributed by atoms with E-state index < -0.39 is 0 Å². The van der Waals surface area contributed by atoms with E-state index in [0.29, 0.717) is 5.82 Å². The molecule has 0 atom stereocenters. The summed E-state index contributed by atoms with van der Waals surface area (Å²) in [5.74, 6) is 2.31. The number of hydrogen-bond donors (Lipinski definition) is 1. The molecule has 172 valence electrons. The highest BCUT2D eigenvalue weighted by Crippen LogP contribution is 2.47. The van der Waals surface area contributed by atoms with Crippen molar-refractivity contribution in [2.45, 2.75) is 18.3 Å². The van der Waals surface area contributed by atoms with Crippen LogP contribution in [0.4, 0.5) is 5.82 Å². The number of pyridine rings is 2. The van der Waals surface area contributed by atoms with Crippen molar-refractivity contribution in [1.82, 2.24) is 19.9 Å². The molecule has 0 radical (unpaired) electrons. The Balaban J connectivity index is 1.42. The molecular weight excluding hydrogens is 434 g/mol. The molecule has 35 heavy (non-hydrogen) atoms. The van der Waals surface area contributed by atoms with Crippen LogP contribution >= 0.6 is 0 Å². The van der Waals surface area contributed by atoms with Crippen LogP contribution in [-0.2, 0) is 5.41 Å². The second kappa shape index (κ2) is 8.80. The summed E-state index contributed by atoms with van der Waals surface area (Å²) in [6.07, 6.45) is 7.66. The van der Waals surface area contributed by atoms with Gasteiger partial charge in [0.2, 0.25) is 0 Å². The van der Waals surface area contributed by atoms with Crippen molar-refractivity contribution in [3.05, 3.63) is 97.1 Å². The van der Waals surface area contributed by atoms with Crippen molar-refractivity contribution < 1.29 is 4.74 Å². The molecule has 3 aromatic heterocycles. The molecule has 2 aromatic carbocycles. The summed E-state index contributed by atoms with van der Waals surface area (Å²) in [7, 11) is 1.69. The Morgan fingerprint density at radius 3 is 2.51 bits per heavy atom. The zero-order valence-electron chi connectivity index (χ0n) is 19.5. The summed E-state index contributed by atoms with van der Waals surface area (Å²) in [6.45, 7) is 0.770. The number of nitrogens with one attached hydrogen (secondary N) is 1. The lowest BCUT2D eigenvalue weighted by atomic mass is 10.0. The van der Waals surface area contributed by atoms with E-state index in [1.807, 2.05) is 42.6 Å². The van der Waals surface area contributed by atoms with E-state index in [2.05, 4.69) is 51.7 Å². The number of fused-ring (bicyclic) bond motifs is 1. The number of nitrogens with zero attached hydrogens (tertiary/aromatic N) is 4. The zero-order chi connectivity index (χ0) is 23.7. The molecule has 0 saturated heterocycles. The summed E-state index contributed by atoms with van der Waals surface area (Å²) in [4.78, 5) is 18.7. The first kappa shape index (κ1) is 21.2. The van der Waals surface area contributed by atoms with E-state index in [0.717, 1.165) is 64.2 Å². The summed E-state index contributed by atoms with van der Waals surface area (Å²) >= 11 is 0. The Labute approximate surface area is 204 Å². The number of aromatic nitrogens is 4. The minimum Gasteiger partial charge on any atom is -0.497 e. The van der Waals surface area contributed by atoms with Crippen LogP contribution in [0.1, 0.15) is 18.5 Å². The smallest absolute Gasteiger partial charge is 0.163 e. The van der Waals surface area contributed by atoms with Crippen molar-refractivity contribution in [3.63, 3.8) is 0 Å². The van der Waals surface area contributed by atoms with Crippen LogP contribution in [0.2, 0.25) is 0 Å². The molecule has 0 unspecified atom stereocenters. The van der Waals surface area contributed by atoms with Gasteiger partial charge in [0.1, 0.15) is 11.6 Å². The standard InChI is InChI=1S/C29H25N5O/c1-35-23-8-4-6-20(16-23)21-10-11-25-24(17-21)28(34-27(33-25)22-7-5-14-30-18-22)32-19-29(12-13-29)26-9-2-3-15-31-26/h2-11,14-18H,12-13,19H2,1H3,(H,32,33,34). The lowest BCUT2D eigenvalue weighted by molar-refractivity contribution is 0.415. The summed E-state index contributed by atoms with van der Waals surface area (Å²) in [5, 5.41) is 4.65. The number of anilines is 1. The van der Waals surface area contributed by atoms with E-state index >= 15 is 0 Å². The predicted octanol–water partition coefficient (Wildman–Crippen LogP) is 5.91.